The van der Waals surface area contributed by atoms with Crippen molar-refractivity contribution < 1.29 is 19.4 Å². The van der Waals surface area contributed by atoms with Crippen molar-refractivity contribution >= 4 is 28.7 Å². The molecular formula is C27H30N4O4. The molecule has 8 heteroatoms. The number of ether oxygens (including phenoxy) is 2. The van der Waals surface area contributed by atoms with E-state index >= 15 is 0 Å². The standard InChI is InChI=1S/C27H30N4O4/c1-30(19-3-5-20(6-4-19)31-16-22(32)17-31)21-7-8-23-18(10-12-35-26(23)13-21)14-29-25-15-28-11-9-24(25)27(33)34-2/h3-9,11,13,15,18,22,29,32H,10,12,14,16-17H2,1-2H3/t18-/m0/s1. The number of anilines is 4. The summed E-state index contributed by atoms with van der Waals surface area (Å²) in [5, 5.41) is 12.9. The van der Waals surface area contributed by atoms with E-state index in [1.807, 2.05) is 7.05 Å². The van der Waals surface area contributed by atoms with Crippen LogP contribution in [0.5, 0.6) is 5.75 Å². The SMILES string of the molecule is COC(=O)c1ccncc1NC[C@@H]1CCOc2cc(N(C)c3ccc(N4CC(O)C4)cc3)ccc21. The predicted octanol–water partition coefficient (Wildman–Crippen LogP) is 3.80. The van der Waals surface area contributed by atoms with Crippen molar-refractivity contribution in [2.24, 2.45) is 0 Å². The van der Waals surface area contributed by atoms with Crippen LogP contribution in [0.4, 0.5) is 22.7 Å². The topological polar surface area (TPSA) is 87.2 Å². The second-order valence-electron chi connectivity index (χ2n) is 8.98. The monoisotopic (exact) mass is 474 g/mol. The molecule has 5 rings (SSSR count). The van der Waals surface area contributed by atoms with Gasteiger partial charge in [-0.15, -0.1) is 0 Å². The van der Waals surface area contributed by atoms with Gasteiger partial charge in [-0.3, -0.25) is 4.98 Å². The molecule has 8 nitrogen and oxygen atoms in total. The lowest BCUT2D eigenvalue weighted by molar-refractivity contribution is 0.0601. The van der Waals surface area contributed by atoms with Crippen LogP contribution in [-0.2, 0) is 4.74 Å². The fourth-order valence-electron chi connectivity index (χ4n) is 4.63. The molecule has 0 unspecified atom stereocenters. The molecule has 2 aliphatic rings. The number of hydrogen-bond donors (Lipinski definition) is 2. The van der Waals surface area contributed by atoms with Crippen LogP contribution in [0.15, 0.2) is 60.9 Å². The number of β-amino-alcohol motifs (C(OH)–C–C–N with tert-alkyl or cyclic N) is 1. The number of fused-ring (bicyclic) bond motifs is 1. The van der Waals surface area contributed by atoms with Gasteiger partial charge < -0.3 is 29.7 Å². The number of carbonyl (C=O) groups is 1. The molecule has 1 saturated heterocycles. The van der Waals surface area contributed by atoms with Crippen LogP contribution < -0.4 is 19.9 Å². The van der Waals surface area contributed by atoms with Gasteiger partial charge in [0.15, 0.2) is 0 Å². The third-order valence-electron chi connectivity index (χ3n) is 6.78. The Morgan fingerprint density at radius 1 is 1.20 bits per heavy atom. The molecule has 0 bridgehead atoms. The van der Waals surface area contributed by atoms with Gasteiger partial charge in [0.1, 0.15) is 5.75 Å². The number of pyridine rings is 1. The van der Waals surface area contributed by atoms with Crippen molar-refractivity contribution in [2.45, 2.75) is 18.4 Å². The average Bonchev–Trinajstić information content (AvgIpc) is 2.89. The summed E-state index contributed by atoms with van der Waals surface area (Å²) < 4.78 is 10.9. The molecular weight excluding hydrogens is 444 g/mol. The lowest BCUT2D eigenvalue weighted by Crippen LogP contribution is -2.50. The summed E-state index contributed by atoms with van der Waals surface area (Å²) in [6.45, 7) is 2.68. The molecule has 2 aliphatic heterocycles. The van der Waals surface area contributed by atoms with E-state index in [0.29, 0.717) is 37.5 Å². The van der Waals surface area contributed by atoms with Crippen LogP contribution in [0.25, 0.3) is 0 Å². The molecule has 1 aromatic heterocycles. The van der Waals surface area contributed by atoms with Gasteiger partial charge in [-0.05, 0) is 48.4 Å². The van der Waals surface area contributed by atoms with Crippen molar-refractivity contribution in [1.29, 1.82) is 0 Å². The van der Waals surface area contributed by atoms with E-state index in [-0.39, 0.29) is 18.0 Å². The number of carbonyl (C=O) groups excluding carboxylic acids is 1. The molecule has 3 aromatic rings. The van der Waals surface area contributed by atoms with Crippen molar-refractivity contribution in [2.75, 3.05) is 55.5 Å². The molecule has 3 heterocycles. The van der Waals surface area contributed by atoms with Gasteiger partial charge in [0, 0.05) is 61.9 Å². The third kappa shape index (κ3) is 4.74. The summed E-state index contributed by atoms with van der Waals surface area (Å²) in [5.74, 6) is 0.749. The molecule has 2 N–H and O–H groups in total. The number of aliphatic hydroxyl groups is 1. The van der Waals surface area contributed by atoms with Crippen LogP contribution in [0.1, 0.15) is 28.3 Å². The molecule has 0 amide bonds. The smallest absolute Gasteiger partial charge is 0.340 e. The molecule has 35 heavy (non-hydrogen) atoms. The first-order valence-electron chi connectivity index (χ1n) is 11.8. The Balaban J connectivity index is 1.28. The third-order valence-corrected chi connectivity index (χ3v) is 6.78. The normalized spacial score (nSPS) is 17.1. The van der Waals surface area contributed by atoms with Crippen molar-refractivity contribution in [3.05, 3.63) is 72.1 Å². The maximum Gasteiger partial charge on any atom is 0.340 e. The summed E-state index contributed by atoms with van der Waals surface area (Å²) in [6.07, 6.45) is 3.91. The summed E-state index contributed by atoms with van der Waals surface area (Å²) in [7, 11) is 3.42. The highest BCUT2D eigenvalue weighted by molar-refractivity contribution is 5.95. The summed E-state index contributed by atoms with van der Waals surface area (Å²) in [5.41, 5.74) is 5.54. The van der Waals surface area contributed by atoms with Gasteiger partial charge in [-0.1, -0.05) is 6.07 Å². The fourth-order valence-corrected chi connectivity index (χ4v) is 4.63. The van der Waals surface area contributed by atoms with Gasteiger partial charge in [0.05, 0.1) is 37.3 Å². The van der Waals surface area contributed by atoms with E-state index in [1.165, 1.54) is 7.11 Å². The highest BCUT2D eigenvalue weighted by Crippen LogP contribution is 2.38. The van der Waals surface area contributed by atoms with E-state index < -0.39 is 0 Å². The lowest BCUT2D eigenvalue weighted by Gasteiger charge is -2.38. The zero-order chi connectivity index (χ0) is 24.4. The zero-order valence-electron chi connectivity index (χ0n) is 20.0. The van der Waals surface area contributed by atoms with E-state index in [0.717, 1.165) is 34.8 Å². The number of rotatable bonds is 7. The maximum absolute atomic E-state index is 12.1. The maximum atomic E-state index is 12.1. The molecule has 1 fully saturated rings. The number of nitrogens with zero attached hydrogens (tertiary/aromatic N) is 3. The Bertz CT molecular complexity index is 1190. The summed E-state index contributed by atoms with van der Waals surface area (Å²) in [6, 6.07) is 16.4. The molecule has 0 radical (unpaired) electrons. The number of methoxy groups -OCH3 is 1. The minimum Gasteiger partial charge on any atom is -0.493 e. The summed E-state index contributed by atoms with van der Waals surface area (Å²) in [4.78, 5) is 20.5. The number of esters is 1. The molecule has 0 saturated carbocycles. The van der Waals surface area contributed by atoms with Crippen LogP contribution >= 0.6 is 0 Å². The lowest BCUT2D eigenvalue weighted by atomic mass is 9.92. The zero-order valence-corrected chi connectivity index (χ0v) is 20.0. The van der Waals surface area contributed by atoms with Crippen molar-refractivity contribution in [3.8, 4) is 5.75 Å². The number of nitrogens with one attached hydrogen (secondary N) is 1. The summed E-state index contributed by atoms with van der Waals surface area (Å²) >= 11 is 0. The minimum atomic E-state index is -0.384. The first-order valence-corrected chi connectivity index (χ1v) is 11.8. The second-order valence-corrected chi connectivity index (χ2v) is 8.98. The van der Waals surface area contributed by atoms with E-state index in [1.54, 1.807) is 18.5 Å². The predicted molar refractivity (Wildman–Crippen MR) is 136 cm³/mol. The molecule has 0 spiro atoms. The highest BCUT2D eigenvalue weighted by atomic mass is 16.5. The molecule has 182 valence electrons. The van der Waals surface area contributed by atoms with Gasteiger partial charge >= 0.3 is 5.97 Å². The van der Waals surface area contributed by atoms with Gasteiger partial charge in [0.2, 0.25) is 0 Å². The first-order chi connectivity index (χ1) is 17.0. The number of aromatic nitrogens is 1. The Labute approximate surface area is 205 Å². The first kappa shape index (κ1) is 23.0. The molecule has 0 aliphatic carbocycles. The van der Waals surface area contributed by atoms with Crippen molar-refractivity contribution in [3.63, 3.8) is 0 Å². The van der Waals surface area contributed by atoms with E-state index in [2.05, 4.69) is 62.6 Å². The Morgan fingerprint density at radius 3 is 2.71 bits per heavy atom. The van der Waals surface area contributed by atoms with Crippen LogP contribution in [0.3, 0.4) is 0 Å². The minimum absolute atomic E-state index is 0.217. The van der Waals surface area contributed by atoms with E-state index in [9.17, 15) is 9.90 Å². The largest absolute Gasteiger partial charge is 0.493 e. The van der Waals surface area contributed by atoms with E-state index in [4.69, 9.17) is 9.47 Å². The number of hydrogen-bond acceptors (Lipinski definition) is 8. The Kier molecular flexibility index (Phi) is 6.46. The molecule has 1 atom stereocenters. The Morgan fingerprint density at radius 2 is 1.97 bits per heavy atom. The van der Waals surface area contributed by atoms with Gasteiger partial charge in [-0.2, -0.15) is 0 Å². The van der Waals surface area contributed by atoms with Crippen molar-refractivity contribution in [1.82, 2.24) is 4.98 Å². The quantitative estimate of drug-likeness (QED) is 0.500. The van der Waals surface area contributed by atoms with Crippen LogP contribution in [0, 0.1) is 0 Å². The van der Waals surface area contributed by atoms with Gasteiger partial charge in [-0.25, -0.2) is 4.79 Å². The number of benzene rings is 2. The van der Waals surface area contributed by atoms with Gasteiger partial charge in [0.25, 0.3) is 0 Å². The highest BCUT2D eigenvalue weighted by Gasteiger charge is 2.25. The molecule has 2 aromatic carbocycles. The Hall–Kier alpha value is -3.78. The fraction of sp³-hybridized carbons (Fsp3) is 0.333. The second kappa shape index (κ2) is 9.84. The number of aliphatic hydroxyl groups excluding tert-OH is 1. The average molecular weight is 475 g/mol. The van der Waals surface area contributed by atoms with Crippen LogP contribution in [-0.4, -0.2) is 62.6 Å². The van der Waals surface area contributed by atoms with Crippen LogP contribution in [0.2, 0.25) is 0 Å².